The molecule has 0 amide bonds. The van der Waals surface area contributed by atoms with Crippen LogP contribution in [0.4, 0.5) is 13.2 Å². The zero-order valence-electron chi connectivity index (χ0n) is 11.1. The first-order chi connectivity index (χ1) is 9.08. The van der Waals surface area contributed by atoms with Crippen LogP contribution in [-0.4, -0.2) is 37.1 Å². The van der Waals surface area contributed by atoms with Gasteiger partial charge >= 0.3 is 6.18 Å². The number of nitrogens with zero attached hydrogens (tertiary/aromatic N) is 1. The Hall–Kier alpha value is -1.12. The van der Waals surface area contributed by atoms with E-state index in [9.17, 15) is 26.7 Å². The van der Waals surface area contributed by atoms with Crippen LogP contribution in [-0.2, 0) is 10.0 Å². The summed E-state index contributed by atoms with van der Waals surface area (Å²) in [6, 6.07) is 5.13. The number of rotatable bonds is 5. The van der Waals surface area contributed by atoms with Gasteiger partial charge in [-0.3, -0.25) is 0 Å². The molecule has 0 spiro atoms. The molecule has 0 bridgehead atoms. The smallest absolute Gasteiger partial charge is 0.389 e. The Morgan fingerprint density at radius 1 is 1.25 bits per heavy atom. The molecule has 114 valence electrons. The van der Waals surface area contributed by atoms with Crippen molar-refractivity contribution in [1.82, 2.24) is 4.31 Å². The summed E-state index contributed by atoms with van der Waals surface area (Å²) in [6.07, 6.45) is -5.37. The second-order valence-corrected chi connectivity index (χ2v) is 6.23. The van der Waals surface area contributed by atoms with Gasteiger partial charge in [-0.2, -0.15) is 17.5 Å². The minimum Gasteiger partial charge on any atom is -0.389 e. The summed E-state index contributed by atoms with van der Waals surface area (Å²) >= 11 is 0. The lowest BCUT2D eigenvalue weighted by molar-refractivity contribution is -0.135. The molecule has 20 heavy (non-hydrogen) atoms. The van der Waals surface area contributed by atoms with Crippen LogP contribution in [0.25, 0.3) is 0 Å². The molecule has 0 radical (unpaired) electrons. The molecule has 1 atom stereocenters. The molecular formula is C12H16F3NO3S. The van der Waals surface area contributed by atoms with E-state index >= 15 is 0 Å². The Morgan fingerprint density at radius 3 is 2.10 bits per heavy atom. The Kier molecular flexibility index (Phi) is 5.17. The third-order valence-electron chi connectivity index (χ3n) is 2.71. The van der Waals surface area contributed by atoms with Gasteiger partial charge in [0.05, 0.1) is 11.0 Å². The first-order valence-corrected chi connectivity index (χ1v) is 7.37. The summed E-state index contributed by atoms with van der Waals surface area (Å²) in [6.45, 7) is 1.04. The first-order valence-electron chi connectivity index (χ1n) is 5.93. The summed E-state index contributed by atoms with van der Waals surface area (Å²) in [5.74, 6) is 0. The van der Waals surface area contributed by atoms with Crippen molar-refractivity contribution in [2.24, 2.45) is 0 Å². The fourth-order valence-electron chi connectivity index (χ4n) is 1.63. The number of benzene rings is 1. The molecular weight excluding hydrogens is 295 g/mol. The number of aliphatic hydroxyl groups excluding tert-OH is 1. The maximum absolute atomic E-state index is 12.4. The molecule has 0 aliphatic rings. The molecule has 0 fully saturated rings. The Balaban J connectivity index is 3.08. The molecule has 1 aromatic carbocycles. The van der Waals surface area contributed by atoms with E-state index in [-0.39, 0.29) is 11.4 Å². The quantitative estimate of drug-likeness (QED) is 0.908. The van der Waals surface area contributed by atoms with Gasteiger partial charge in [0, 0.05) is 6.54 Å². The number of halogens is 3. The van der Waals surface area contributed by atoms with Crippen molar-refractivity contribution in [3.63, 3.8) is 0 Å². The van der Waals surface area contributed by atoms with Crippen LogP contribution in [0.5, 0.6) is 0 Å². The Morgan fingerprint density at radius 2 is 1.75 bits per heavy atom. The molecule has 0 saturated carbocycles. The van der Waals surface area contributed by atoms with E-state index < -0.39 is 28.8 Å². The zero-order valence-corrected chi connectivity index (χ0v) is 11.9. The van der Waals surface area contributed by atoms with Gasteiger partial charge in [0.1, 0.15) is 6.54 Å². The molecule has 1 N–H and O–H groups in total. The van der Waals surface area contributed by atoms with Crippen LogP contribution >= 0.6 is 0 Å². The summed E-state index contributed by atoms with van der Waals surface area (Å²) in [7, 11) is -4.20. The van der Waals surface area contributed by atoms with E-state index in [2.05, 4.69) is 0 Å². The lowest BCUT2D eigenvalue weighted by Crippen LogP contribution is -2.38. The molecule has 4 nitrogen and oxygen atoms in total. The van der Waals surface area contributed by atoms with Gasteiger partial charge in [0.2, 0.25) is 10.0 Å². The fraction of sp³-hybridized carbons (Fsp3) is 0.500. The van der Waals surface area contributed by atoms with E-state index in [1.807, 2.05) is 0 Å². The average Bonchev–Trinajstić information content (AvgIpc) is 2.34. The molecule has 1 aromatic rings. The van der Waals surface area contributed by atoms with Crippen molar-refractivity contribution in [3.05, 3.63) is 29.8 Å². The minimum absolute atomic E-state index is 0.229. The lowest BCUT2D eigenvalue weighted by atomic mass is 10.1. The van der Waals surface area contributed by atoms with Crippen molar-refractivity contribution in [3.8, 4) is 0 Å². The molecule has 1 unspecified atom stereocenters. The maximum atomic E-state index is 12.4. The van der Waals surface area contributed by atoms with E-state index in [4.69, 9.17) is 0 Å². The summed E-state index contributed by atoms with van der Waals surface area (Å²) in [5.41, 5.74) is 0.489. The van der Waals surface area contributed by atoms with Gasteiger partial charge in [0.25, 0.3) is 0 Å². The highest BCUT2D eigenvalue weighted by molar-refractivity contribution is 7.89. The highest BCUT2D eigenvalue weighted by atomic mass is 32.2. The van der Waals surface area contributed by atoms with Crippen molar-refractivity contribution >= 4 is 10.0 Å². The highest BCUT2D eigenvalue weighted by Gasteiger charge is 2.36. The first kappa shape index (κ1) is 16.9. The monoisotopic (exact) mass is 311 g/mol. The van der Waals surface area contributed by atoms with Crippen LogP contribution < -0.4 is 0 Å². The predicted octanol–water partition coefficient (Wildman–Crippen LogP) is 2.31. The van der Waals surface area contributed by atoms with E-state index in [0.717, 1.165) is 0 Å². The molecule has 0 saturated heterocycles. The zero-order chi connectivity index (χ0) is 15.6. The summed E-state index contributed by atoms with van der Waals surface area (Å²) < 4.78 is 61.6. The largest absolute Gasteiger partial charge is 0.402 e. The molecule has 8 heteroatoms. The van der Waals surface area contributed by atoms with E-state index in [0.29, 0.717) is 9.87 Å². The van der Waals surface area contributed by atoms with Gasteiger partial charge in [-0.25, -0.2) is 8.42 Å². The maximum Gasteiger partial charge on any atom is 0.402 e. The average molecular weight is 311 g/mol. The van der Waals surface area contributed by atoms with Crippen LogP contribution in [0.2, 0.25) is 0 Å². The van der Waals surface area contributed by atoms with Gasteiger partial charge in [-0.05, 0) is 24.6 Å². The normalized spacial score (nSPS) is 14.6. The molecule has 0 aromatic heterocycles. The topological polar surface area (TPSA) is 57.6 Å². The Bertz CT molecular complexity index is 538. The lowest BCUT2D eigenvalue weighted by Gasteiger charge is -2.22. The van der Waals surface area contributed by atoms with Crippen molar-refractivity contribution in [2.45, 2.75) is 31.0 Å². The fourth-order valence-corrected chi connectivity index (χ4v) is 3.07. The minimum atomic E-state index is -4.59. The molecule has 0 aliphatic carbocycles. The van der Waals surface area contributed by atoms with Crippen LogP contribution in [0.1, 0.15) is 25.5 Å². The number of aliphatic hydroxyl groups is 1. The highest BCUT2D eigenvalue weighted by Crippen LogP contribution is 2.23. The SMILES string of the molecule is CCN(CC(F)(F)F)S(=O)(=O)c1ccc(C(C)O)cc1. The van der Waals surface area contributed by atoms with Crippen molar-refractivity contribution < 1.29 is 26.7 Å². The van der Waals surface area contributed by atoms with Gasteiger partial charge in [0.15, 0.2) is 0 Å². The summed E-state index contributed by atoms with van der Waals surface area (Å²) in [5, 5.41) is 9.32. The van der Waals surface area contributed by atoms with Crippen molar-refractivity contribution in [1.29, 1.82) is 0 Å². The second-order valence-electron chi connectivity index (χ2n) is 4.29. The number of hydrogen-bond acceptors (Lipinski definition) is 3. The second kappa shape index (κ2) is 6.11. The predicted molar refractivity (Wildman–Crippen MR) is 67.6 cm³/mol. The van der Waals surface area contributed by atoms with E-state index in [1.165, 1.54) is 38.1 Å². The van der Waals surface area contributed by atoms with E-state index in [1.54, 1.807) is 0 Å². The van der Waals surface area contributed by atoms with Gasteiger partial charge in [-0.15, -0.1) is 0 Å². The standard InChI is InChI=1S/C12H16F3NO3S/c1-3-16(8-12(13,14)15)20(18,19)11-6-4-10(5-7-11)9(2)17/h4-7,9,17H,3,8H2,1-2H3. The molecule has 0 aliphatic heterocycles. The van der Waals surface area contributed by atoms with Gasteiger partial charge < -0.3 is 5.11 Å². The number of hydrogen-bond donors (Lipinski definition) is 1. The third kappa shape index (κ3) is 4.19. The summed E-state index contributed by atoms with van der Waals surface area (Å²) in [4.78, 5) is -0.229. The number of sulfonamides is 1. The van der Waals surface area contributed by atoms with Gasteiger partial charge in [-0.1, -0.05) is 19.1 Å². The van der Waals surface area contributed by atoms with Crippen LogP contribution in [0, 0.1) is 0 Å². The Labute approximate surface area is 115 Å². The molecule has 1 rings (SSSR count). The molecule has 0 heterocycles. The van der Waals surface area contributed by atoms with Crippen LogP contribution in [0.15, 0.2) is 29.2 Å². The van der Waals surface area contributed by atoms with Crippen molar-refractivity contribution in [2.75, 3.05) is 13.1 Å². The number of alkyl halides is 3. The third-order valence-corrected chi connectivity index (χ3v) is 4.64. The van der Waals surface area contributed by atoms with Crippen LogP contribution in [0.3, 0.4) is 0 Å².